The van der Waals surface area contributed by atoms with E-state index in [1.165, 1.54) is 0 Å². The predicted molar refractivity (Wildman–Crippen MR) is 2.22 cm³/mol. The molecule has 2 radical (unpaired) electrons. The fourth-order valence-corrected chi connectivity index (χ4v) is 0. The first kappa shape index (κ1) is 9.81. The van der Waals surface area contributed by atoms with Crippen LogP contribution in [0.2, 0.25) is 0 Å². The first-order chi connectivity index (χ1) is 1.73. The number of rotatable bonds is 0. The summed E-state index contributed by atoms with van der Waals surface area (Å²) in [6, 6.07) is 0. The summed E-state index contributed by atoms with van der Waals surface area (Å²) in [5.74, 6) is 0. The number of halogens is 1. The number of hydrogen-bond donors (Lipinski definition) is 1. The van der Waals surface area contributed by atoms with Crippen LogP contribution in [-0.4, -0.2) is 4.66 Å². The molecule has 0 rings (SSSR count). The van der Waals surface area contributed by atoms with Crippen LogP contribution in [0.25, 0.3) is 0 Å². The largest absolute Gasteiger partial charge is 0.321 e. The smallest absolute Gasteiger partial charge is 0.282 e. The molecule has 0 saturated heterocycles. The summed E-state index contributed by atoms with van der Waals surface area (Å²) in [7, 11) is -2.60. The van der Waals surface area contributed by atoms with Gasteiger partial charge in [-0.15, -0.1) is 0 Å². The molecule has 0 aliphatic heterocycles. The SMILES string of the molecule is [O-][Cl+2]([O-])O.[Ra]. The minimum Gasteiger partial charge on any atom is -0.321 e. The first-order valence-corrected chi connectivity index (χ1v) is 1.43. The van der Waals surface area contributed by atoms with Crippen LogP contribution >= 0.6 is 0 Å². The van der Waals surface area contributed by atoms with E-state index in [-0.39, 0.29) is 45.0 Å². The van der Waals surface area contributed by atoms with Gasteiger partial charge in [0.15, 0.2) is 0 Å². The van der Waals surface area contributed by atoms with Crippen molar-refractivity contribution < 1.29 is 69.8 Å². The third kappa shape index (κ3) is 27.8. The summed E-state index contributed by atoms with van der Waals surface area (Å²) in [6.45, 7) is 0. The van der Waals surface area contributed by atoms with Gasteiger partial charge >= 0.3 is 0 Å². The van der Waals surface area contributed by atoms with Gasteiger partial charge in [-0.25, -0.2) is 0 Å². The van der Waals surface area contributed by atoms with Crippen LogP contribution in [0.1, 0.15) is 0 Å². The first-order valence-electron chi connectivity index (χ1n) is 0.478. The molecule has 0 aromatic carbocycles. The van der Waals surface area contributed by atoms with Crippen molar-refractivity contribution >= 4 is 0 Å². The zero-order chi connectivity index (χ0) is 3.58. The van der Waals surface area contributed by atoms with E-state index in [0.29, 0.717) is 0 Å². The van der Waals surface area contributed by atoms with Crippen molar-refractivity contribution in [2.45, 2.75) is 0 Å². The summed E-state index contributed by atoms with van der Waals surface area (Å²) < 4.78 is 24.0. The Kier molecular flexibility index (Phi) is 11.1. The molecule has 0 fully saturated rings. The summed E-state index contributed by atoms with van der Waals surface area (Å²) in [4.78, 5) is 0. The Morgan fingerprint density at radius 2 is 1.40 bits per heavy atom. The van der Waals surface area contributed by atoms with Crippen molar-refractivity contribution in [3.8, 4) is 0 Å². The Morgan fingerprint density at radius 3 is 1.40 bits per heavy atom. The second kappa shape index (κ2) is 5.64. The van der Waals surface area contributed by atoms with Crippen LogP contribution in [0.3, 0.4) is 0 Å². The minimum atomic E-state index is -2.60. The zero-order valence-electron chi connectivity index (χ0n) is 2.35. The summed E-state index contributed by atoms with van der Waals surface area (Å²) in [6.07, 6.45) is 0. The second-order valence-electron chi connectivity index (χ2n) is 0.201. The molecule has 0 saturated carbocycles. The molecule has 0 atom stereocenters. The molecule has 0 amide bonds. The third-order valence-electron chi connectivity index (χ3n) is 0. The molecule has 0 bridgehead atoms. The van der Waals surface area contributed by atoms with E-state index >= 15 is 0 Å². The zero-order valence-corrected chi connectivity index (χ0v) is 8.92. The Morgan fingerprint density at radius 1 is 1.40 bits per heavy atom. The molecular formula is HClO3Ra. The van der Waals surface area contributed by atoms with E-state index in [4.69, 9.17) is 14.0 Å². The maximum Gasteiger partial charge on any atom is 0.282 e. The molecule has 5 heteroatoms. The molecule has 0 heterocycles. The average Bonchev–Trinajstić information content (AvgIpc) is 0.811. The van der Waals surface area contributed by atoms with Crippen LogP contribution < -0.4 is 9.32 Å². The average molecular weight is 310 g/mol. The van der Waals surface area contributed by atoms with Crippen LogP contribution in [-0.2, 0) is 0 Å². The maximum absolute atomic E-state index is 8.52. The Labute approximate surface area is 68.8 Å². The van der Waals surface area contributed by atoms with E-state index in [1.807, 2.05) is 0 Å². The third-order valence-corrected chi connectivity index (χ3v) is 0. The van der Waals surface area contributed by atoms with Crippen molar-refractivity contribution in [3.05, 3.63) is 0 Å². The normalized spacial score (nSPS) is 7.20. The molecule has 0 aliphatic carbocycles. The van der Waals surface area contributed by atoms with E-state index in [9.17, 15) is 0 Å². The fraction of sp³-hybridized carbons (Fsp3) is 0. The van der Waals surface area contributed by atoms with Gasteiger partial charge in [0, 0.05) is 49.7 Å². The minimum absolute atomic E-state index is 0. The van der Waals surface area contributed by atoms with Gasteiger partial charge in [-0.3, -0.25) is 0 Å². The van der Waals surface area contributed by atoms with Gasteiger partial charge in [-0.1, -0.05) is 0 Å². The second-order valence-corrected chi connectivity index (χ2v) is 0.603. The predicted octanol–water partition coefficient (Wildman–Crippen LogP) is -2.94. The van der Waals surface area contributed by atoms with Crippen molar-refractivity contribution in [2.75, 3.05) is 0 Å². The van der Waals surface area contributed by atoms with E-state index in [2.05, 4.69) is 0 Å². The van der Waals surface area contributed by atoms with Gasteiger partial charge in [0.05, 0.1) is 0 Å². The van der Waals surface area contributed by atoms with Crippen molar-refractivity contribution in [1.29, 1.82) is 0 Å². The van der Waals surface area contributed by atoms with Gasteiger partial charge in [-0.05, 0) is 0 Å². The molecule has 1 N–H and O–H groups in total. The standard InChI is InChI=1S/ClHO3.Ra/c2-1(3)4;/h2H;. The fourth-order valence-electron chi connectivity index (χ4n) is 0. The Bertz CT molecular complexity index is 11.6. The molecule has 0 unspecified atom stereocenters. The van der Waals surface area contributed by atoms with E-state index in [0.717, 1.165) is 0 Å². The van der Waals surface area contributed by atoms with Gasteiger partial charge in [0.1, 0.15) is 0 Å². The number of hydrogen-bond acceptors (Lipinski definition) is 3. The molecule has 3 nitrogen and oxygen atoms in total. The Hall–Kier alpha value is 1.64. The van der Waals surface area contributed by atoms with Gasteiger partial charge in [0.2, 0.25) is 0 Å². The van der Waals surface area contributed by atoms with Gasteiger partial charge in [0.25, 0.3) is 10.8 Å². The van der Waals surface area contributed by atoms with Crippen LogP contribution in [0.15, 0.2) is 0 Å². The monoisotopic (exact) mass is 310 g/mol. The molecule has 0 aliphatic rings. The summed E-state index contributed by atoms with van der Waals surface area (Å²) in [5.41, 5.74) is 0. The Balaban J connectivity index is 0. The summed E-state index contributed by atoms with van der Waals surface area (Å²) in [5, 5.41) is 0. The molecule has 28 valence electrons. The van der Waals surface area contributed by atoms with Crippen LogP contribution in [0, 0.1) is 55.8 Å². The maximum atomic E-state index is 8.52. The van der Waals surface area contributed by atoms with E-state index < -0.39 is 10.8 Å². The summed E-state index contributed by atoms with van der Waals surface area (Å²) >= 11 is 0. The van der Waals surface area contributed by atoms with Gasteiger partial charge in [-0.2, -0.15) is 0 Å². The quantitative estimate of drug-likeness (QED) is 0.521. The molecular weight excluding hydrogens is 309 g/mol. The molecule has 0 aromatic heterocycles. The molecule has 0 aromatic rings. The van der Waals surface area contributed by atoms with Crippen LogP contribution in [0.4, 0.5) is 0 Å². The van der Waals surface area contributed by atoms with Crippen molar-refractivity contribution in [1.82, 2.24) is 0 Å². The topological polar surface area (TPSA) is 66.3 Å². The van der Waals surface area contributed by atoms with Crippen LogP contribution in [0.5, 0.6) is 0 Å². The molecule has 5 heavy (non-hydrogen) atoms. The van der Waals surface area contributed by atoms with Crippen molar-refractivity contribution in [2.24, 2.45) is 0 Å². The van der Waals surface area contributed by atoms with Crippen molar-refractivity contribution in [3.63, 3.8) is 0 Å². The van der Waals surface area contributed by atoms with Gasteiger partial charge < -0.3 is 9.32 Å². The molecule has 0 spiro atoms. The van der Waals surface area contributed by atoms with E-state index in [1.54, 1.807) is 0 Å².